The molecule has 0 amide bonds. The molecule has 7 rings (SSSR count). The van der Waals surface area contributed by atoms with Crippen molar-refractivity contribution < 1.29 is 34.4 Å². The molecule has 2 aliphatic heterocycles. The number of hydrogen-bond donors (Lipinski definition) is 4. The molecule has 0 fully saturated rings. The average molecular weight is 619 g/mol. The first-order chi connectivity index (χ1) is 21.7. The lowest BCUT2D eigenvalue weighted by molar-refractivity contribution is -0.136. The van der Waals surface area contributed by atoms with Gasteiger partial charge >= 0.3 is 11.9 Å². The number of rotatable bonds is 5. The summed E-state index contributed by atoms with van der Waals surface area (Å²) < 4.78 is 11.8. The number of hydrogen-bond acceptors (Lipinski definition) is 8. The van der Waals surface area contributed by atoms with Crippen LogP contribution >= 0.6 is 12.2 Å². The van der Waals surface area contributed by atoms with E-state index in [0.717, 1.165) is 11.4 Å². The van der Waals surface area contributed by atoms with Crippen LogP contribution in [-0.2, 0) is 15.1 Å². The van der Waals surface area contributed by atoms with Gasteiger partial charge in [0.05, 0.1) is 5.56 Å². The number of esters is 1. The number of anilines is 2. The number of carbonyl (C=O) groups is 2. The van der Waals surface area contributed by atoms with Crippen molar-refractivity contribution >= 4 is 40.5 Å². The number of carbonyl (C=O) groups excluding carboxylic acids is 1. The molecular weight excluding hydrogens is 592 g/mol. The van der Waals surface area contributed by atoms with Gasteiger partial charge in [-0.05, 0) is 54.6 Å². The Morgan fingerprint density at radius 2 is 1.22 bits per heavy atom. The van der Waals surface area contributed by atoms with Gasteiger partial charge in [0, 0.05) is 40.2 Å². The molecule has 2 aliphatic rings. The van der Waals surface area contributed by atoms with Crippen LogP contribution in [-0.4, -0.2) is 38.3 Å². The lowest BCUT2D eigenvalue weighted by Crippen LogP contribution is -2.47. The molecule has 5 aromatic carbocycles. The second-order valence-electron chi connectivity index (χ2n) is 10.3. The van der Waals surface area contributed by atoms with Gasteiger partial charge < -0.3 is 35.4 Å². The molecular formula is C35H26N2O7S. The number of carboxylic acid groups (broad SMARTS) is 1. The van der Waals surface area contributed by atoms with E-state index in [9.17, 15) is 24.9 Å². The molecule has 0 aliphatic carbocycles. The van der Waals surface area contributed by atoms with Crippen molar-refractivity contribution in [1.29, 1.82) is 0 Å². The standard InChI is InChI=1S/C20H12O5.C15H14N2O2S/c21-11-5-7-15-17(9-11)24-18-10-12(22)6-8-16(18)20(15)14-4-2-1-3-13(14)19(23)25-20;16-14(20)13(15(18)19)17(11-7-3-1-4-8-11)12-9-5-2-6-10-12/h1-10,21-22H;1-10,13H,(H2,16,20)(H,18,19). The molecule has 1 unspecified atom stereocenters. The minimum Gasteiger partial charge on any atom is -0.508 e. The Kier molecular flexibility index (Phi) is 7.57. The monoisotopic (exact) mass is 618 g/mol. The van der Waals surface area contributed by atoms with E-state index in [0.29, 0.717) is 33.8 Å². The highest BCUT2D eigenvalue weighted by atomic mass is 32.1. The third-order valence-electron chi connectivity index (χ3n) is 7.51. The summed E-state index contributed by atoms with van der Waals surface area (Å²) in [5.74, 6) is -0.670. The van der Waals surface area contributed by atoms with Gasteiger partial charge in [0.25, 0.3) is 0 Å². The molecule has 0 radical (unpaired) electrons. The Balaban J connectivity index is 0.000000164. The van der Waals surface area contributed by atoms with Crippen LogP contribution < -0.4 is 15.4 Å². The Morgan fingerprint density at radius 1 is 0.733 bits per heavy atom. The molecule has 10 heteroatoms. The van der Waals surface area contributed by atoms with Crippen molar-refractivity contribution in [2.45, 2.75) is 11.6 Å². The average Bonchev–Trinajstić information content (AvgIpc) is 3.32. The fraction of sp³-hybridized carbons (Fsp3) is 0.0571. The first-order valence-electron chi connectivity index (χ1n) is 13.8. The van der Waals surface area contributed by atoms with Gasteiger partial charge in [-0.1, -0.05) is 66.8 Å². The van der Waals surface area contributed by atoms with Crippen molar-refractivity contribution in [3.05, 3.63) is 144 Å². The molecule has 0 bridgehead atoms. The molecule has 0 saturated heterocycles. The SMILES string of the molecule is NC(=S)C(C(=O)O)N(c1ccccc1)c1ccccc1.O=C1OC2(c3ccc(O)cc3Oc3cc(O)ccc32)c2ccccc21. The number of phenols is 2. The van der Waals surface area contributed by atoms with Gasteiger partial charge in [0.2, 0.25) is 0 Å². The lowest BCUT2D eigenvalue weighted by Gasteiger charge is -2.36. The number of nitrogens with two attached hydrogens (primary N) is 1. The fourth-order valence-electron chi connectivity index (χ4n) is 5.64. The number of phenolic OH excluding ortho intramolecular Hbond substituents is 2. The van der Waals surface area contributed by atoms with Crippen LogP contribution in [0.3, 0.4) is 0 Å². The van der Waals surface area contributed by atoms with Gasteiger partial charge in [0.15, 0.2) is 11.6 Å². The zero-order valence-electron chi connectivity index (χ0n) is 23.5. The molecule has 2 heterocycles. The van der Waals surface area contributed by atoms with E-state index >= 15 is 0 Å². The van der Waals surface area contributed by atoms with E-state index in [1.54, 1.807) is 29.2 Å². The van der Waals surface area contributed by atoms with Crippen molar-refractivity contribution in [2.24, 2.45) is 5.73 Å². The van der Waals surface area contributed by atoms with Crippen LogP contribution in [0.25, 0.3) is 0 Å². The Labute approximate surface area is 263 Å². The van der Waals surface area contributed by atoms with Crippen LogP contribution in [0.1, 0.15) is 27.0 Å². The first kappa shape index (κ1) is 29.2. The normalized spacial score (nSPS) is 13.9. The highest BCUT2D eigenvalue weighted by Gasteiger charge is 2.53. The molecule has 1 atom stereocenters. The molecule has 224 valence electrons. The number of ether oxygens (including phenoxy) is 2. The number of aliphatic carboxylic acids is 1. The molecule has 5 N–H and O–H groups in total. The minimum atomic E-state index is -1.17. The summed E-state index contributed by atoms with van der Waals surface area (Å²) in [6.07, 6.45) is 0. The quantitative estimate of drug-likeness (QED) is 0.132. The summed E-state index contributed by atoms with van der Waals surface area (Å²) in [6, 6.07) is 33.9. The molecule has 9 nitrogen and oxygen atoms in total. The summed E-state index contributed by atoms with van der Waals surface area (Å²) in [4.78, 5) is 25.6. The summed E-state index contributed by atoms with van der Waals surface area (Å²) in [5, 5.41) is 29.1. The number of benzene rings is 5. The Morgan fingerprint density at radius 3 is 1.71 bits per heavy atom. The summed E-state index contributed by atoms with van der Waals surface area (Å²) in [6.45, 7) is 0. The Hall–Kier alpha value is -5.87. The van der Waals surface area contributed by atoms with Gasteiger partial charge in [-0.25, -0.2) is 9.59 Å². The smallest absolute Gasteiger partial charge is 0.340 e. The topological polar surface area (TPSA) is 143 Å². The van der Waals surface area contributed by atoms with Crippen molar-refractivity contribution in [3.8, 4) is 23.0 Å². The van der Waals surface area contributed by atoms with Gasteiger partial charge in [0.1, 0.15) is 28.0 Å². The summed E-state index contributed by atoms with van der Waals surface area (Å²) in [5.41, 5.74) is 8.35. The molecule has 45 heavy (non-hydrogen) atoms. The second kappa shape index (κ2) is 11.7. The Bertz CT molecular complexity index is 1830. The summed E-state index contributed by atoms with van der Waals surface area (Å²) in [7, 11) is 0. The molecule has 1 spiro atoms. The maximum atomic E-state index is 12.5. The number of nitrogens with zero attached hydrogens (tertiary/aromatic N) is 1. The zero-order chi connectivity index (χ0) is 31.7. The third-order valence-corrected chi connectivity index (χ3v) is 7.73. The molecule has 5 aromatic rings. The van der Waals surface area contributed by atoms with E-state index in [1.807, 2.05) is 72.8 Å². The van der Waals surface area contributed by atoms with Crippen LogP contribution in [0.4, 0.5) is 11.4 Å². The third kappa shape index (κ3) is 5.17. The van der Waals surface area contributed by atoms with Gasteiger partial charge in [-0.3, -0.25) is 0 Å². The van der Waals surface area contributed by atoms with Crippen molar-refractivity contribution in [2.75, 3.05) is 4.90 Å². The molecule has 0 aromatic heterocycles. The fourth-order valence-corrected chi connectivity index (χ4v) is 5.84. The van der Waals surface area contributed by atoms with E-state index in [1.165, 1.54) is 24.3 Å². The van der Waals surface area contributed by atoms with E-state index in [-0.39, 0.29) is 16.5 Å². The second-order valence-corrected chi connectivity index (χ2v) is 10.7. The van der Waals surface area contributed by atoms with Crippen LogP contribution in [0.15, 0.2) is 121 Å². The summed E-state index contributed by atoms with van der Waals surface area (Å²) >= 11 is 4.92. The van der Waals surface area contributed by atoms with Gasteiger partial charge in [-0.2, -0.15) is 0 Å². The lowest BCUT2D eigenvalue weighted by atomic mass is 9.77. The van der Waals surface area contributed by atoms with E-state index in [2.05, 4.69) is 0 Å². The predicted octanol–water partition coefficient (Wildman–Crippen LogP) is 6.23. The van der Waals surface area contributed by atoms with Crippen LogP contribution in [0.2, 0.25) is 0 Å². The van der Waals surface area contributed by atoms with E-state index < -0.39 is 23.6 Å². The first-order valence-corrected chi connectivity index (χ1v) is 14.2. The van der Waals surface area contributed by atoms with Crippen LogP contribution in [0, 0.1) is 0 Å². The maximum Gasteiger partial charge on any atom is 0.340 e. The minimum absolute atomic E-state index is 0.0371. The highest BCUT2D eigenvalue weighted by Crippen LogP contribution is 2.56. The maximum absolute atomic E-state index is 12.5. The van der Waals surface area contributed by atoms with Crippen molar-refractivity contribution in [3.63, 3.8) is 0 Å². The van der Waals surface area contributed by atoms with Crippen LogP contribution in [0.5, 0.6) is 23.0 Å². The largest absolute Gasteiger partial charge is 0.508 e. The highest BCUT2D eigenvalue weighted by molar-refractivity contribution is 7.80. The molecule has 0 saturated carbocycles. The number of aromatic hydroxyl groups is 2. The zero-order valence-corrected chi connectivity index (χ0v) is 24.3. The number of para-hydroxylation sites is 2. The number of thiocarbonyl (C=S) groups is 1. The van der Waals surface area contributed by atoms with E-state index in [4.69, 9.17) is 27.4 Å². The number of fused-ring (bicyclic) bond motifs is 6. The van der Waals surface area contributed by atoms with Gasteiger partial charge in [-0.15, -0.1) is 0 Å². The van der Waals surface area contributed by atoms with Crippen molar-refractivity contribution in [1.82, 2.24) is 0 Å². The predicted molar refractivity (Wildman–Crippen MR) is 171 cm³/mol. The number of carboxylic acids is 1.